The molecule has 3 nitrogen and oxygen atoms in total. The van der Waals surface area contributed by atoms with Crippen LogP contribution >= 0.6 is 0 Å². The van der Waals surface area contributed by atoms with Gasteiger partial charge in [-0.15, -0.1) is 0 Å². The van der Waals surface area contributed by atoms with Gasteiger partial charge in [0.05, 0.1) is 0 Å². The molecule has 0 aliphatic carbocycles. The van der Waals surface area contributed by atoms with Crippen LogP contribution in [0.4, 0.5) is 0 Å². The van der Waals surface area contributed by atoms with E-state index in [1.165, 1.54) is 11.1 Å². The van der Waals surface area contributed by atoms with Crippen LogP contribution in [0.2, 0.25) is 0 Å². The molecule has 2 aromatic rings. The third-order valence-electron chi connectivity index (χ3n) is 3.61. The summed E-state index contributed by atoms with van der Waals surface area (Å²) in [4.78, 5) is 18.1. The van der Waals surface area contributed by atoms with Gasteiger partial charge >= 0.3 is 0 Å². The normalized spacial score (nSPS) is 10.8. The van der Waals surface area contributed by atoms with E-state index >= 15 is 0 Å². The van der Waals surface area contributed by atoms with E-state index in [0.29, 0.717) is 6.54 Å². The van der Waals surface area contributed by atoms with E-state index in [9.17, 15) is 4.79 Å². The second-order valence-electron chi connectivity index (χ2n) is 5.27. The van der Waals surface area contributed by atoms with Crippen LogP contribution < -0.4 is 0 Å². The van der Waals surface area contributed by atoms with Gasteiger partial charge in [0.2, 0.25) is 5.91 Å². The summed E-state index contributed by atoms with van der Waals surface area (Å²) in [5, 5.41) is 0. The highest BCUT2D eigenvalue weighted by Crippen LogP contribution is 2.06. The molecule has 1 aromatic heterocycles. The van der Waals surface area contributed by atoms with E-state index in [1.54, 1.807) is 18.5 Å². The molecule has 0 bridgehead atoms. The maximum absolute atomic E-state index is 12.3. The summed E-state index contributed by atoms with van der Waals surface area (Å²) in [7, 11) is 0. The van der Waals surface area contributed by atoms with Crippen molar-refractivity contribution in [3.05, 3.63) is 71.6 Å². The first kappa shape index (κ1) is 16.0. The van der Waals surface area contributed by atoms with E-state index in [2.05, 4.69) is 11.9 Å². The third kappa shape index (κ3) is 4.85. The Morgan fingerprint density at radius 1 is 1.14 bits per heavy atom. The number of carbonyl (C=O) groups is 1. The number of hydrogen-bond acceptors (Lipinski definition) is 2. The van der Waals surface area contributed by atoms with E-state index < -0.39 is 0 Å². The predicted octanol–water partition coefficient (Wildman–Crippen LogP) is 3.49. The van der Waals surface area contributed by atoms with Gasteiger partial charge in [0.15, 0.2) is 0 Å². The molecule has 1 heterocycles. The minimum Gasteiger partial charge on any atom is -0.339 e. The summed E-state index contributed by atoms with van der Waals surface area (Å²) in [6.45, 7) is 5.49. The van der Waals surface area contributed by atoms with Gasteiger partial charge in [0.1, 0.15) is 0 Å². The van der Waals surface area contributed by atoms with Gasteiger partial charge in [-0.3, -0.25) is 9.78 Å². The molecule has 0 unspecified atom stereocenters. The number of likely N-dealkylation sites (N-methyl/N-ethyl adjacent to an activating group) is 1. The Bertz CT molecular complexity index is 618. The summed E-state index contributed by atoms with van der Waals surface area (Å²) < 4.78 is 0. The van der Waals surface area contributed by atoms with Crippen LogP contribution in [0.3, 0.4) is 0 Å². The fourth-order valence-corrected chi connectivity index (χ4v) is 2.19. The van der Waals surface area contributed by atoms with Gasteiger partial charge in [0.25, 0.3) is 0 Å². The van der Waals surface area contributed by atoms with E-state index in [-0.39, 0.29) is 5.91 Å². The third-order valence-corrected chi connectivity index (χ3v) is 3.61. The van der Waals surface area contributed by atoms with E-state index in [1.807, 2.05) is 54.3 Å². The minimum absolute atomic E-state index is 0.0529. The molecular formula is C19H22N2O. The van der Waals surface area contributed by atoms with Gasteiger partial charge < -0.3 is 4.90 Å². The molecule has 0 aliphatic rings. The first-order valence-electron chi connectivity index (χ1n) is 7.61. The Balaban J connectivity index is 1.92. The van der Waals surface area contributed by atoms with Gasteiger partial charge in [0, 0.05) is 31.6 Å². The van der Waals surface area contributed by atoms with Crippen LogP contribution in [0, 0.1) is 6.92 Å². The predicted molar refractivity (Wildman–Crippen MR) is 90.4 cm³/mol. The molecule has 1 aromatic carbocycles. The molecule has 0 radical (unpaired) electrons. The van der Waals surface area contributed by atoms with Crippen molar-refractivity contribution in [2.75, 3.05) is 13.1 Å². The van der Waals surface area contributed by atoms with Crippen molar-refractivity contribution in [2.24, 2.45) is 0 Å². The van der Waals surface area contributed by atoms with E-state index in [4.69, 9.17) is 0 Å². The van der Waals surface area contributed by atoms with Gasteiger partial charge in [-0.1, -0.05) is 29.8 Å². The molecule has 0 saturated heterocycles. The van der Waals surface area contributed by atoms with Crippen LogP contribution in [0.5, 0.6) is 0 Å². The molecule has 0 saturated carbocycles. The smallest absolute Gasteiger partial charge is 0.246 e. The average molecular weight is 294 g/mol. The minimum atomic E-state index is 0.0529. The van der Waals surface area contributed by atoms with Gasteiger partial charge in [-0.05, 0) is 49.6 Å². The van der Waals surface area contributed by atoms with Crippen molar-refractivity contribution in [1.29, 1.82) is 0 Å². The maximum atomic E-state index is 12.3. The molecule has 1 amide bonds. The summed E-state index contributed by atoms with van der Waals surface area (Å²) in [6.07, 6.45) is 7.94. The monoisotopic (exact) mass is 294 g/mol. The van der Waals surface area contributed by atoms with Crippen LogP contribution in [-0.2, 0) is 11.2 Å². The second kappa shape index (κ2) is 8.13. The zero-order valence-electron chi connectivity index (χ0n) is 13.2. The van der Waals surface area contributed by atoms with Gasteiger partial charge in [-0.2, -0.15) is 0 Å². The largest absolute Gasteiger partial charge is 0.339 e. The molecule has 22 heavy (non-hydrogen) atoms. The molecule has 0 fully saturated rings. The number of pyridine rings is 1. The molecule has 0 N–H and O–H groups in total. The SMILES string of the molecule is CCN(CCc1ccncc1)C(=O)/C=C/c1ccc(C)cc1. The lowest BCUT2D eigenvalue weighted by Crippen LogP contribution is -2.31. The van der Waals surface area contributed by atoms with Gasteiger partial charge in [-0.25, -0.2) is 0 Å². The number of aryl methyl sites for hydroxylation is 1. The van der Waals surface area contributed by atoms with E-state index in [0.717, 1.165) is 18.5 Å². The molecule has 0 atom stereocenters. The van der Waals surface area contributed by atoms with Crippen molar-refractivity contribution in [3.8, 4) is 0 Å². The Kier molecular flexibility index (Phi) is 5.90. The van der Waals surface area contributed by atoms with Crippen molar-refractivity contribution in [1.82, 2.24) is 9.88 Å². The Morgan fingerprint density at radius 3 is 2.45 bits per heavy atom. The van der Waals surface area contributed by atoms with Crippen LogP contribution in [0.1, 0.15) is 23.6 Å². The number of hydrogen-bond donors (Lipinski definition) is 0. The lowest BCUT2D eigenvalue weighted by Gasteiger charge is -2.19. The highest BCUT2D eigenvalue weighted by Gasteiger charge is 2.08. The highest BCUT2D eigenvalue weighted by atomic mass is 16.2. The molecule has 0 aliphatic heterocycles. The zero-order valence-corrected chi connectivity index (χ0v) is 13.2. The standard InChI is InChI=1S/C19H22N2O/c1-3-21(15-12-18-10-13-20-14-11-18)19(22)9-8-17-6-4-16(2)5-7-17/h4-11,13-14H,3,12,15H2,1-2H3/b9-8+. The summed E-state index contributed by atoms with van der Waals surface area (Å²) in [6, 6.07) is 12.1. The number of rotatable bonds is 6. The highest BCUT2D eigenvalue weighted by molar-refractivity contribution is 5.91. The maximum Gasteiger partial charge on any atom is 0.246 e. The lowest BCUT2D eigenvalue weighted by molar-refractivity contribution is -0.125. The topological polar surface area (TPSA) is 33.2 Å². The number of benzene rings is 1. The second-order valence-corrected chi connectivity index (χ2v) is 5.27. The Labute approximate surface area is 132 Å². The zero-order chi connectivity index (χ0) is 15.8. The fraction of sp³-hybridized carbons (Fsp3) is 0.263. The molecule has 114 valence electrons. The van der Waals surface area contributed by atoms with Crippen LogP contribution in [-0.4, -0.2) is 28.9 Å². The number of aromatic nitrogens is 1. The quantitative estimate of drug-likeness (QED) is 0.764. The fourth-order valence-electron chi connectivity index (χ4n) is 2.19. The molecule has 2 rings (SSSR count). The van der Waals surface area contributed by atoms with Crippen molar-refractivity contribution in [3.63, 3.8) is 0 Å². The number of nitrogens with zero attached hydrogens (tertiary/aromatic N) is 2. The van der Waals surface area contributed by atoms with Crippen molar-refractivity contribution < 1.29 is 4.79 Å². The number of amides is 1. The van der Waals surface area contributed by atoms with Crippen LogP contribution in [0.25, 0.3) is 6.08 Å². The molecule has 0 spiro atoms. The lowest BCUT2D eigenvalue weighted by atomic mass is 10.1. The first-order chi connectivity index (χ1) is 10.7. The average Bonchev–Trinajstić information content (AvgIpc) is 2.56. The molecule has 3 heteroatoms. The summed E-state index contributed by atoms with van der Waals surface area (Å²) in [5.74, 6) is 0.0529. The number of carbonyl (C=O) groups excluding carboxylic acids is 1. The summed E-state index contributed by atoms with van der Waals surface area (Å²) in [5.41, 5.74) is 3.46. The van der Waals surface area contributed by atoms with Crippen molar-refractivity contribution in [2.45, 2.75) is 20.3 Å². The van der Waals surface area contributed by atoms with Crippen molar-refractivity contribution >= 4 is 12.0 Å². The first-order valence-corrected chi connectivity index (χ1v) is 7.61. The summed E-state index contributed by atoms with van der Waals surface area (Å²) >= 11 is 0. The van der Waals surface area contributed by atoms with Crippen LogP contribution in [0.15, 0.2) is 54.9 Å². The Morgan fingerprint density at radius 2 is 1.82 bits per heavy atom. The Hall–Kier alpha value is -2.42. The molecular weight excluding hydrogens is 272 g/mol.